The first kappa shape index (κ1) is 11.9. The number of aromatic hydroxyl groups is 1. The molecule has 1 unspecified atom stereocenters. The van der Waals surface area contributed by atoms with Gasteiger partial charge in [-0.05, 0) is 31.2 Å². The molecule has 1 aromatic rings. The van der Waals surface area contributed by atoms with E-state index in [9.17, 15) is 4.79 Å². The first-order valence-corrected chi connectivity index (χ1v) is 5.92. The van der Waals surface area contributed by atoms with Crippen LogP contribution in [0.1, 0.15) is 12.0 Å². The van der Waals surface area contributed by atoms with Crippen molar-refractivity contribution in [2.75, 3.05) is 20.1 Å². The van der Waals surface area contributed by atoms with Crippen LogP contribution in [0.5, 0.6) is 5.75 Å². The monoisotopic (exact) mass is 234 g/mol. The number of carbonyl (C=O) groups is 1. The molecule has 2 N–H and O–H groups in total. The molecular formula is C13H18N2O2. The van der Waals surface area contributed by atoms with Crippen LogP contribution >= 0.6 is 0 Å². The standard InChI is InChI=1S/C13H18N2O2/c1-14-11-6-7-15(9-11)13(17)8-10-2-4-12(16)5-3-10/h2-5,11,14,16H,6-9H2,1H3. The van der Waals surface area contributed by atoms with Crippen LogP contribution in [0.15, 0.2) is 24.3 Å². The maximum Gasteiger partial charge on any atom is 0.227 e. The highest BCUT2D eigenvalue weighted by Crippen LogP contribution is 2.14. The topological polar surface area (TPSA) is 52.6 Å². The average molecular weight is 234 g/mol. The minimum atomic E-state index is 0.161. The van der Waals surface area contributed by atoms with E-state index in [2.05, 4.69) is 5.32 Å². The number of benzene rings is 1. The lowest BCUT2D eigenvalue weighted by Crippen LogP contribution is -2.34. The molecule has 1 saturated heterocycles. The number of phenolic OH excluding ortho intramolecular Hbond substituents is 1. The zero-order valence-corrected chi connectivity index (χ0v) is 10.0. The molecule has 0 aromatic heterocycles. The Morgan fingerprint density at radius 1 is 1.47 bits per heavy atom. The van der Waals surface area contributed by atoms with Crippen molar-refractivity contribution in [2.45, 2.75) is 18.9 Å². The second-order valence-corrected chi connectivity index (χ2v) is 4.46. The van der Waals surface area contributed by atoms with E-state index in [-0.39, 0.29) is 11.7 Å². The van der Waals surface area contributed by atoms with E-state index in [1.54, 1.807) is 24.3 Å². The van der Waals surface area contributed by atoms with Gasteiger partial charge in [0.25, 0.3) is 0 Å². The molecule has 1 atom stereocenters. The van der Waals surface area contributed by atoms with Crippen LogP contribution in [-0.4, -0.2) is 42.1 Å². The van der Waals surface area contributed by atoms with E-state index < -0.39 is 0 Å². The van der Waals surface area contributed by atoms with Gasteiger partial charge in [0.15, 0.2) is 0 Å². The molecule has 4 heteroatoms. The summed E-state index contributed by atoms with van der Waals surface area (Å²) >= 11 is 0. The number of hydrogen-bond donors (Lipinski definition) is 2. The summed E-state index contributed by atoms with van der Waals surface area (Å²) in [6, 6.07) is 7.24. The molecule has 1 aliphatic heterocycles. The lowest BCUT2D eigenvalue weighted by Gasteiger charge is -2.16. The molecular weight excluding hydrogens is 216 g/mol. The molecule has 1 fully saturated rings. The van der Waals surface area contributed by atoms with Gasteiger partial charge in [-0.3, -0.25) is 4.79 Å². The van der Waals surface area contributed by atoms with Gasteiger partial charge in [0.05, 0.1) is 6.42 Å². The maximum atomic E-state index is 12.0. The highest BCUT2D eigenvalue weighted by Gasteiger charge is 2.24. The molecule has 0 spiro atoms. The van der Waals surface area contributed by atoms with E-state index in [1.165, 1.54) is 0 Å². The molecule has 1 amide bonds. The van der Waals surface area contributed by atoms with Crippen molar-refractivity contribution in [1.29, 1.82) is 0 Å². The largest absolute Gasteiger partial charge is 0.508 e. The molecule has 17 heavy (non-hydrogen) atoms. The molecule has 0 saturated carbocycles. The van der Waals surface area contributed by atoms with Crippen molar-refractivity contribution >= 4 is 5.91 Å². The number of phenols is 1. The van der Waals surface area contributed by atoms with E-state index in [1.807, 2.05) is 11.9 Å². The molecule has 1 heterocycles. The van der Waals surface area contributed by atoms with Gasteiger partial charge < -0.3 is 15.3 Å². The fourth-order valence-electron chi connectivity index (χ4n) is 2.12. The summed E-state index contributed by atoms with van der Waals surface area (Å²) in [5.41, 5.74) is 0.945. The van der Waals surface area contributed by atoms with Crippen LogP contribution in [0.2, 0.25) is 0 Å². The average Bonchev–Trinajstić information content (AvgIpc) is 2.81. The lowest BCUT2D eigenvalue weighted by atomic mass is 10.1. The Labute approximate surface area is 101 Å². The van der Waals surface area contributed by atoms with E-state index >= 15 is 0 Å². The first-order chi connectivity index (χ1) is 8.19. The van der Waals surface area contributed by atoms with Gasteiger partial charge in [-0.1, -0.05) is 12.1 Å². The summed E-state index contributed by atoms with van der Waals surface area (Å²) in [5.74, 6) is 0.394. The van der Waals surface area contributed by atoms with Crippen molar-refractivity contribution in [1.82, 2.24) is 10.2 Å². The lowest BCUT2D eigenvalue weighted by molar-refractivity contribution is -0.129. The number of likely N-dealkylation sites (tertiary alicyclic amines) is 1. The second-order valence-electron chi connectivity index (χ2n) is 4.46. The third-order valence-corrected chi connectivity index (χ3v) is 3.24. The number of amides is 1. The molecule has 2 rings (SSSR count). The Morgan fingerprint density at radius 2 is 2.18 bits per heavy atom. The van der Waals surface area contributed by atoms with Crippen molar-refractivity contribution in [3.63, 3.8) is 0 Å². The van der Waals surface area contributed by atoms with E-state index in [0.717, 1.165) is 25.1 Å². The van der Waals surface area contributed by atoms with Crippen LogP contribution < -0.4 is 5.32 Å². The summed E-state index contributed by atoms with van der Waals surface area (Å²) in [5, 5.41) is 12.4. The first-order valence-electron chi connectivity index (χ1n) is 5.92. The number of carbonyl (C=O) groups excluding carboxylic acids is 1. The quantitative estimate of drug-likeness (QED) is 0.811. The highest BCUT2D eigenvalue weighted by molar-refractivity contribution is 5.79. The van der Waals surface area contributed by atoms with Gasteiger partial charge in [0.1, 0.15) is 5.75 Å². The van der Waals surface area contributed by atoms with Gasteiger partial charge in [0, 0.05) is 19.1 Å². The Morgan fingerprint density at radius 3 is 2.76 bits per heavy atom. The third-order valence-electron chi connectivity index (χ3n) is 3.24. The minimum absolute atomic E-state index is 0.161. The predicted octanol–water partition coefficient (Wildman–Crippen LogP) is 0.755. The number of hydrogen-bond acceptors (Lipinski definition) is 3. The maximum absolute atomic E-state index is 12.0. The van der Waals surface area contributed by atoms with E-state index in [0.29, 0.717) is 12.5 Å². The van der Waals surface area contributed by atoms with E-state index in [4.69, 9.17) is 5.11 Å². The summed E-state index contributed by atoms with van der Waals surface area (Å²) in [6.45, 7) is 1.63. The fraction of sp³-hybridized carbons (Fsp3) is 0.462. The third kappa shape index (κ3) is 2.97. The Bertz CT molecular complexity index is 389. The fourth-order valence-corrected chi connectivity index (χ4v) is 2.12. The van der Waals surface area contributed by atoms with Gasteiger partial charge >= 0.3 is 0 Å². The highest BCUT2D eigenvalue weighted by atomic mass is 16.3. The van der Waals surface area contributed by atoms with Crippen molar-refractivity contribution in [2.24, 2.45) is 0 Å². The van der Waals surface area contributed by atoms with Crippen molar-refractivity contribution in [3.8, 4) is 5.75 Å². The van der Waals surface area contributed by atoms with Crippen LogP contribution in [0.3, 0.4) is 0 Å². The van der Waals surface area contributed by atoms with Gasteiger partial charge in [-0.2, -0.15) is 0 Å². The van der Waals surface area contributed by atoms with Gasteiger partial charge in [0.2, 0.25) is 5.91 Å². The van der Waals surface area contributed by atoms with Crippen molar-refractivity contribution in [3.05, 3.63) is 29.8 Å². The van der Waals surface area contributed by atoms with Crippen molar-refractivity contribution < 1.29 is 9.90 Å². The summed E-state index contributed by atoms with van der Waals surface area (Å²) in [4.78, 5) is 13.9. The van der Waals surface area contributed by atoms with Crippen LogP contribution in [0, 0.1) is 0 Å². The Kier molecular flexibility index (Phi) is 3.64. The van der Waals surface area contributed by atoms with Crippen LogP contribution in [0.4, 0.5) is 0 Å². The molecule has 4 nitrogen and oxygen atoms in total. The van der Waals surface area contributed by atoms with Crippen LogP contribution in [-0.2, 0) is 11.2 Å². The van der Waals surface area contributed by atoms with Gasteiger partial charge in [-0.15, -0.1) is 0 Å². The Balaban J connectivity index is 1.91. The summed E-state index contributed by atoms with van der Waals surface area (Å²) in [6.07, 6.45) is 1.44. The number of nitrogens with zero attached hydrogens (tertiary/aromatic N) is 1. The molecule has 0 aliphatic carbocycles. The molecule has 0 bridgehead atoms. The summed E-state index contributed by atoms with van der Waals surface area (Å²) in [7, 11) is 1.93. The molecule has 1 aromatic carbocycles. The molecule has 92 valence electrons. The van der Waals surface area contributed by atoms with Crippen LogP contribution in [0.25, 0.3) is 0 Å². The number of nitrogens with one attached hydrogen (secondary N) is 1. The zero-order chi connectivity index (χ0) is 12.3. The number of likely N-dealkylation sites (N-methyl/N-ethyl adjacent to an activating group) is 1. The molecule has 0 radical (unpaired) electrons. The Hall–Kier alpha value is -1.55. The summed E-state index contributed by atoms with van der Waals surface area (Å²) < 4.78 is 0. The number of rotatable bonds is 3. The second kappa shape index (κ2) is 5.19. The molecule has 1 aliphatic rings. The normalized spacial score (nSPS) is 19.6. The van der Waals surface area contributed by atoms with Gasteiger partial charge in [-0.25, -0.2) is 0 Å². The minimum Gasteiger partial charge on any atom is -0.508 e. The predicted molar refractivity (Wildman–Crippen MR) is 65.9 cm³/mol. The smallest absolute Gasteiger partial charge is 0.227 e. The SMILES string of the molecule is CNC1CCN(C(=O)Cc2ccc(O)cc2)C1. The zero-order valence-electron chi connectivity index (χ0n) is 10.0.